The molecule has 2 atom stereocenters. The van der Waals surface area contributed by atoms with Crippen molar-refractivity contribution in [1.82, 2.24) is 20.1 Å². The fourth-order valence-electron chi connectivity index (χ4n) is 5.11. The number of hydrogen-bond donors (Lipinski definition) is 0. The first-order valence-electron chi connectivity index (χ1n) is 10.8. The van der Waals surface area contributed by atoms with E-state index in [1.807, 2.05) is 6.07 Å². The molecule has 6 rings (SSSR count). The van der Waals surface area contributed by atoms with E-state index in [0.29, 0.717) is 34.3 Å². The fourth-order valence-corrected chi connectivity index (χ4v) is 5.11. The molecule has 2 aliphatic carbocycles. The number of nitrogens with zero attached hydrogens (tertiary/aromatic N) is 4. The topological polar surface area (TPSA) is 64.7 Å². The molecule has 4 aromatic rings. The molecule has 5 nitrogen and oxygen atoms in total. The Kier molecular flexibility index (Phi) is 4.56. The normalized spacial score (nSPS) is 19.2. The van der Waals surface area contributed by atoms with E-state index < -0.39 is 6.67 Å². The van der Waals surface area contributed by atoms with Crippen LogP contribution in [-0.4, -0.2) is 20.1 Å². The largest absolute Gasteiger partial charge is 0.361 e. The Balaban J connectivity index is 1.56. The van der Waals surface area contributed by atoms with Crippen molar-refractivity contribution in [3.05, 3.63) is 82.9 Å². The van der Waals surface area contributed by atoms with E-state index in [2.05, 4.69) is 10.1 Å². The summed E-state index contributed by atoms with van der Waals surface area (Å²) in [5.41, 5.74) is 5.14. The molecule has 160 valence electrons. The number of pyridine rings is 1. The number of benzene rings is 1. The lowest BCUT2D eigenvalue weighted by Crippen LogP contribution is -2.30. The smallest absolute Gasteiger partial charge is 0.160 e. The van der Waals surface area contributed by atoms with Crippen molar-refractivity contribution >= 4 is 0 Å². The van der Waals surface area contributed by atoms with Crippen molar-refractivity contribution in [3.8, 4) is 22.6 Å². The molecule has 0 radical (unpaired) electrons. The Morgan fingerprint density at radius 3 is 2.88 bits per heavy atom. The zero-order chi connectivity index (χ0) is 21.7. The van der Waals surface area contributed by atoms with Gasteiger partial charge in [-0.1, -0.05) is 17.3 Å². The van der Waals surface area contributed by atoms with Gasteiger partial charge in [0.05, 0.1) is 23.3 Å². The van der Waals surface area contributed by atoms with Crippen molar-refractivity contribution in [2.45, 2.75) is 38.3 Å². The molecule has 0 aliphatic heterocycles. The average Bonchev–Trinajstić information content (AvgIpc) is 3.30. The minimum absolute atomic E-state index is 0.181. The van der Waals surface area contributed by atoms with Crippen LogP contribution < -0.4 is 0 Å². The fraction of sp³-hybridized carbons (Fsp3) is 0.280. The van der Waals surface area contributed by atoms with Crippen LogP contribution in [0.15, 0.2) is 53.3 Å². The van der Waals surface area contributed by atoms with Gasteiger partial charge < -0.3 is 4.52 Å². The molecule has 0 bridgehead atoms. The van der Waals surface area contributed by atoms with Crippen LogP contribution in [0, 0.1) is 11.7 Å². The van der Waals surface area contributed by atoms with Crippen LogP contribution in [0.2, 0.25) is 0 Å². The van der Waals surface area contributed by atoms with Crippen molar-refractivity contribution < 1.29 is 13.3 Å². The third-order valence-corrected chi connectivity index (χ3v) is 6.68. The molecule has 1 unspecified atom stereocenters. The molecule has 1 aromatic carbocycles. The van der Waals surface area contributed by atoms with Gasteiger partial charge in [-0.05, 0) is 49.4 Å². The zero-order valence-corrected chi connectivity index (χ0v) is 17.3. The molecule has 0 spiro atoms. The molecule has 32 heavy (non-hydrogen) atoms. The van der Waals surface area contributed by atoms with E-state index in [4.69, 9.17) is 14.5 Å². The van der Waals surface area contributed by atoms with Gasteiger partial charge in [0.2, 0.25) is 0 Å². The van der Waals surface area contributed by atoms with E-state index in [9.17, 15) is 8.78 Å². The Hall–Kier alpha value is -3.48. The highest BCUT2D eigenvalue weighted by molar-refractivity contribution is 5.69. The van der Waals surface area contributed by atoms with Gasteiger partial charge >= 0.3 is 0 Å². The van der Waals surface area contributed by atoms with Crippen LogP contribution in [0.4, 0.5) is 8.78 Å². The monoisotopic (exact) mass is 430 g/mol. The van der Waals surface area contributed by atoms with Gasteiger partial charge in [0, 0.05) is 40.8 Å². The predicted molar refractivity (Wildman–Crippen MR) is 114 cm³/mol. The van der Waals surface area contributed by atoms with E-state index in [0.717, 1.165) is 48.3 Å². The minimum atomic E-state index is -0.667. The number of halogens is 2. The Labute approximate surface area is 183 Å². The zero-order valence-electron chi connectivity index (χ0n) is 17.3. The van der Waals surface area contributed by atoms with Gasteiger partial charge in [-0.15, -0.1) is 0 Å². The van der Waals surface area contributed by atoms with Crippen LogP contribution >= 0.6 is 0 Å². The van der Waals surface area contributed by atoms with Crippen LogP contribution in [0.5, 0.6) is 0 Å². The molecular weight excluding hydrogens is 410 g/mol. The number of rotatable bonds is 3. The number of fused-ring (bicyclic) bond motifs is 4. The maximum absolute atomic E-state index is 14.8. The average molecular weight is 430 g/mol. The Bertz CT molecular complexity index is 1320. The first-order chi connectivity index (χ1) is 15.7. The van der Waals surface area contributed by atoms with Crippen molar-refractivity contribution in [3.63, 3.8) is 0 Å². The Morgan fingerprint density at radius 1 is 1.09 bits per heavy atom. The quantitative estimate of drug-likeness (QED) is 0.444. The second-order valence-corrected chi connectivity index (χ2v) is 8.50. The molecule has 7 heteroatoms. The molecular formula is C25H20F2N4O. The summed E-state index contributed by atoms with van der Waals surface area (Å²) < 4.78 is 33.5. The lowest BCUT2D eigenvalue weighted by atomic mass is 9.69. The molecule has 3 heterocycles. The van der Waals surface area contributed by atoms with Crippen LogP contribution in [-0.2, 0) is 25.9 Å². The third kappa shape index (κ3) is 3.11. The summed E-state index contributed by atoms with van der Waals surface area (Å²) in [5.74, 6) is 1.68. The maximum Gasteiger partial charge on any atom is 0.160 e. The van der Waals surface area contributed by atoms with Gasteiger partial charge in [0.1, 0.15) is 18.3 Å². The molecule has 3 aromatic heterocycles. The predicted octanol–water partition coefficient (Wildman–Crippen LogP) is 5.25. The van der Waals surface area contributed by atoms with E-state index in [-0.39, 0.29) is 11.7 Å². The summed E-state index contributed by atoms with van der Waals surface area (Å²) in [6, 6.07) is 10.1. The summed E-state index contributed by atoms with van der Waals surface area (Å²) in [6.07, 6.45) is 6.70. The van der Waals surface area contributed by atoms with E-state index >= 15 is 0 Å². The third-order valence-electron chi connectivity index (χ3n) is 6.68. The van der Waals surface area contributed by atoms with Crippen molar-refractivity contribution in [2.75, 3.05) is 0 Å². The summed E-state index contributed by atoms with van der Waals surface area (Å²) in [6.45, 7) is -0.667. The second kappa shape index (κ2) is 7.58. The summed E-state index contributed by atoms with van der Waals surface area (Å²) >= 11 is 0. The summed E-state index contributed by atoms with van der Waals surface area (Å²) in [7, 11) is 0. The summed E-state index contributed by atoms with van der Waals surface area (Å²) in [5, 5.41) is 3.98. The molecule has 0 fully saturated rings. The van der Waals surface area contributed by atoms with Gasteiger partial charge in [-0.25, -0.2) is 18.7 Å². The van der Waals surface area contributed by atoms with Gasteiger partial charge in [-0.2, -0.15) is 0 Å². The Morgan fingerprint density at radius 2 is 2.00 bits per heavy atom. The number of aromatic nitrogens is 4. The van der Waals surface area contributed by atoms with Gasteiger partial charge in [0.25, 0.3) is 0 Å². The van der Waals surface area contributed by atoms with Crippen molar-refractivity contribution in [1.29, 1.82) is 0 Å². The van der Waals surface area contributed by atoms with Crippen LogP contribution in [0.25, 0.3) is 22.6 Å². The summed E-state index contributed by atoms with van der Waals surface area (Å²) in [4.78, 5) is 13.8. The molecule has 0 amide bonds. The SMILES string of the molecule is FCc1cc(-c2nc(-c3ccccc3F)c3c(n2)C2Cc4cnoc4C[C@H]2CC3)ccn1. The molecule has 2 aliphatic rings. The number of hydrogen-bond acceptors (Lipinski definition) is 5. The van der Waals surface area contributed by atoms with Crippen LogP contribution in [0.1, 0.15) is 40.6 Å². The highest BCUT2D eigenvalue weighted by Gasteiger charge is 2.38. The second-order valence-electron chi connectivity index (χ2n) is 8.50. The first-order valence-corrected chi connectivity index (χ1v) is 10.8. The van der Waals surface area contributed by atoms with E-state index in [1.165, 1.54) is 6.07 Å². The highest BCUT2D eigenvalue weighted by Crippen LogP contribution is 2.46. The molecule has 0 saturated heterocycles. The molecule has 0 saturated carbocycles. The van der Waals surface area contributed by atoms with Gasteiger partial charge in [-0.3, -0.25) is 4.98 Å². The number of alkyl halides is 1. The van der Waals surface area contributed by atoms with Gasteiger partial charge in [0.15, 0.2) is 5.82 Å². The highest BCUT2D eigenvalue weighted by atomic mass is 19.1. The minimum Gasteiger partial charge on any atom is -0.361 e. The van der Waals surface area contributed by atoms with Crippen molar-refractivity contribution in [2.24, 2.45) is 5.92 Å². The molecule has 0 N–H and O–H groups in total. The standard InChI is InChI=1S/C25H20F2N4O/c26-12-17-9-15(7-8-28-17)25-30-23(18-3-1-2-4-21(18)27)19-6-5-14-11-22-16(13-29-32-22)10-20(14)24(19)31-25/h1-4,7-9,13-14,20H,5-6,10-12H2/t14-,20?/m1/s1. The lowest BCUT2D eigenvalue weighted by Gasteiger charge is -2.36. The first kappa shape index (κ1) is 19.2. The maximum atomic E-state index is 14.8. The van der Waals surface area contributed by atoms with E-state index in [1.54, 1.807) is 36.7 Å². The van der Waals surface area contributed by atoms with Crippen LogP contribution in [0.3, 0.4) is 0 Å². The lowest BCUT2D eigenvalue weighted by molar-refractivity contribution is 0.289.